The number of Topliss-reactive ketones (excluding diaryl/α,β-unsaturated/α-hetero) is 1. The maximum atomic E-state index is 11.9. The van der Waals surface area contributed by atoms with Crippen molar-refractivity contribution in [1.82, 2.24) is 0 Å². The van der Waals surface area contributed by atoms with Gasteiger partial charge in [0.25, 0.3) is 0 Å². The van der Waals surface area contributed by atoms with Crippen LogP contribution in [0.3, 0.4) is 0 Å². The lowest BCUT2D eigenvalue weighted by Crippen LogP contribution is -2.45. The molecule has 182 valence electrons. The van der Waals surface area contributed by atoms with E-state index < -0.39 is 8.80 Å². The maximum absolute atomic E-state index is 11.9. The van der Waals surface area contributed by atoms with E-state index in [9.17, 15) is 9.59 Å². The fraction of sp³-hybridized carbons (Fsp3) is 0.680. The summed E-state index contributed by atoms with van der Waals surface area (Å²) < 4.78 is 22.8. The van der Waals surface area contributed by atoms with E-state index >= 15 is 0 Å². The lowest BCUT2D eigenvalue weighted by molar-refractivity contribution is -0.142. The fourth-order valence-electron chi connectivity index (χ4n) is 3.60. The Morgan fingerprint density at radius 2 is 1.22 bits per heavy atom. The van der Waals surface area contributed by atoms with Gasteiger partial charge in [-0.15, -0.1) is 0 Å². The van der Waals surface area contributed by atoms with Gasteiger partial charge in [0.05, 0.1) is 0 Å². The van der Waals surface area contributed by atoms with Gasteiger partial charge in [-0.2, -0.15) is 0 Å². The Bertz CT molecular complexity index is 605. The maximum Gasteiger partial charge on any atom is 0.500 e. The van der Waals surface area contributed by atoms with Gasteiger partial charge >= 0.3 is 14.8 Å². The van der Waals surface area contributed by atoms with E-state index in [-0.39, 0.29) is 18.4 Å². The van der Waals surface area contributed by atoms with E-state index in [0.29, 0.717) is 31.8 Å². The first-order chi connectivity index (χ1) is 15.6. The van der Waals surface area contributed by atoms with Crippen molar-refractivity contribution in [2.24, 2.45) is 0 Å². The Kier molecular flexibility index (Phi) is 16.0. The molecule has 1 aromatic carbocycles. The molecule has 0 bridgehead atoms. The molecule has 0 saturated carbocycles. The van der Waals surface area contributed by atoms with Gasteiger partial charge < -0.3 is 18.0 Å². The van der Waals surface area contributed by atoms with Gasteiger partial charge in [0.2, 0.25) is 0 Å². The number of benzene rings is 1. The molecule has 0 spiro atoms. The average molecular weight is 467 g/mol. The van der Waals surface area contributed by atoms with Gasteiger partial charge in [0, 0.05) is 37.8 Å². The summed E-state index contributed by atoms with van der Waals surface area (Å²) in [6.07, 6.45) is 9.10. The third kappa shape index (κ3) is 12.5. The second-order valence-corrected chi connectivity index (χ2v) is 10.5. The number of rotatable bonds is 20. The molecule has 1 rings (SSSR count). The third-order valence-electron chi connectivity index (χ3n) is 5.17. The quantitative estimate of drug-likeness (QED) is 0.102. The van der Waals surface area contributed by atoms with Crippen molar-refractivity contribution in [3.05, 3.63) is 35.9 Å². The van der Waals surface area contributed by atoms with Crippen LogP contribution in [0.5, 0.6) is 0 Å². The monoisotopic (exact) mass is 466 g/mol. The molecule has 0 fully saturated rings. The smallest absolute Gasteiger partial charge is 0.457 e. The zero-order valence-corrected chi connectivity index (χ0v) is 21.2. The molecule has 0 unspecified atom stereocenters. The number of carbonyl (C=O) groups excluding carboxylic acids is 2. The Hall–Kier alpha value is -1.54. The third-order valence-corrected chi connectivity index (χ3v) is 8.32. The van der Waals surface area contributed by atoms with Gasteiger partial charge in [-0.05, 0) is 33.6 Å². The first-order valence-corrected chi connectivity index (χ1v) is 14.2. The minimum atomic E-state index is -2.49. The SMILES string of the molecule is CCO[Si](CCCCCCCCCCC(=O)OCC(=O)c1ccccc1)(OCC)OCC. The largest absolute Gasteiger partial charge is 0.500 e. The molecule has 0 atom stereocenters. The first-order valence-electron chi connectivity index (χ1n) is 12.2. The summed E-state index contributed by atoms with van der Waals surface area (Å²) in [6.45, 7) is 7.68. The topological polar surface area (TPSA) is 71.1 Å². The number of carbonyl (C=O) groups is 2. The summed E-state index contributed by atoms with van der Waals surface area (Å²) >= 11 is 0. The number of hydrogen-bond donors (Lipinski definition) is 0. The Morgan fingerprint density at radius 3 is 1.75 bits per heavy atom. The summed E-state index contributed by atoms with van der Waals surface area (Å²) in [5.74, 6) is -0.456. The molecule has 0 amide bonds. The van der Waals surface area contributed by atoms with Crippen molar-refractivity contribution < 1.29 is 27.6 Å². The van der Waals surface area contributed by atoms with Crippen LogP contribution in [0.2, 0.25) is 6.04 Å². The van der Waals surface area contributed by atoms with E-state index in [2.05, 4.69) is 0 Å². The molecule has 6 nitrogen and oxygen atoms in total. The van der Waals surface area contributed by atoms with Crippen LogP contribution in [0.4, 0.5) is 0 Å². The molecule has 0 radical (unpaired) electrons. The average Bonchev–Trinajstić information content (AvgIpc) is 2.79. The number of hydrogen-bond acceptors (Lipinski definition) is 6. The van der Waals surface area contributed by atoms with Crippen LogP contribution in [0.15, 0.2) is 30.3 Å². The van der Waals surface area contributed by atoms with E-state index in [1.807, 2.05) is 26.8 Å². The molecule has 1 aromatic rings. The van der Waals surface area contributed by atoms with Crippen molar-refractivity contribution in [3.63, 3.8) is 0 Å². The van der Waals surface area contributed by atoms with Crippen LogP contribution in [-0.4, -0.2) is 47.0 Å². The molecule has 0 N–H and O–H groups in total. The van der Waals surface area contributed by atoms with Crippen LogP contribution in [0.1, 0.15) is 88.9 Å². The lowest BCUT2D eigenvalue weighted by Gasteiger charge is -2.28. The van der Waals surface area contributed by atoms with E-state index in [0.717, 1.165) is 38.1 Å². The molecule has 0 aliphatic rings. The van der Waals surface area contributed by atoms with Crippen LogP contribution in [0, 0.1) is 0 Å². The van der Waals surface area contributed by atoms with Gasteiger partial charge in [0.15, 0.2) is 12.4 Å². The summed E-state index contributed by atoms with van der Waals surface area (Å²) in [4.78, 5) is 23.7. The number of ether oxygens (including phenoxy) is 1. The summed E-state index contributed by atoms with van der Waals surface area (Å²) in [5, 5.41) is 0. The van der Waals surface area contributed by atoms with E-state index in [1.54, 1.807) is 24.3 Å². The number of esters is 1. The van der Waals surface area contributed by atoms with Crippen molar-refractivity contribution in [1.29, 1.82) is 0 Å². The second-order valence-electron chi connectivity index (χ2n) is 7.76. The van der Waals surface area contributed by atoms with Crippen molar-refractivity contribution in [3.8, 4) is 0 Å². The highest BCUT2D eigenvalue weighted by Gasteiger charge is 2.39. The number of unbranched alkanes of at least 4 members (excludes halogenated alkanes) is 7. The van der Waals surface area contributed by atoms with Crippen LogP contribution in [-0.2, 0) is 22.8 Å². The summed E-state index contributed by atoms with van der Waals surface area (Å²) in [5.41, 5.74) is 0.571. The fourth-order valence-corrected chi connectivity index (χ4v) is 6.28. The zero-order valence-electron chi connectivity index (χ0n) is 20.2. The summed E-state index contributed by atoms with van der Waals surface area (Å²) in [6, 6.07) is 9.79. The van der Waals surface area contributed by atoms with E-state index in [4.69, 9.17) is 18.0 Å². The minimum absolute atomic E-state index is 0.164. The molecule has 0 aliphatic carbocycles. The molecule has 7 heteroatoms. The van der Waals surface area contributed by atoms with Crippen LogP contribution < -0.4 is 0 Å². The van der Waals surface area contributed by atoms with Crippen LogP contribution in [0.25, 0.3) is 0 Å². The van der Waals surface area contributed by atoms with E-state index in [1.165, 1.54) is 19.3 Å². The molecule has 0 aliphatic heterocycles. The Morgan fingerprint density at radius 1 is 0.719 bits per heavy atom. The molecular formula is C25H42O6Si. The molecule has 0 saturated heterocycles. The van der Waals surface area contributed by atoms with Gasteiger partial charge in [-0.3, -0.25) is 9.59 Å². The number of ketones is 1. The second kappa shape index (κ2) is 17.9. The Labute approximate surface area is 195 Å². The molecule has 32 heavy (non-hydrogen) atoms. The Balaban J connectivity index is 2.03. The predicted octanol–water partition coefficient (Wildman–Crippen LogP) is 5.97. The lowest BCUT2D eigenvalue weighted by atomic mass is 10.1. The predicted molar refractivity (Wildman–Crippen MR) is 129 cm³/mol. The normalized spacial score (nSPS) is 11.5. The van der Waals surface area contributed by atoms with Crippen molar-refractivity contribution in [2.45, 2.75) is 84.6 Å². The standard InChI is InChI=1S/C25H42O6Si/c1-4-29-32(30-5-2,31-6-3)21-17-12-10-8-7-9-11-16-20-25(27)28-22-24(26)23-18-14-13-15-19-23/h13-15,18-19H,4-12,16-17,20-22H2,1-3H3. The summed E-state index contributed by atoms with van der Waals surface area (Å²) in [7, 11) is -2.49. The van der Waals surface area contributed by atoms with Gasteiger partial charge in [-0.1, -0.05) is 68.9 Å². The molecular weight excluding hydrogens is 424 g/mol. The minimum Gasteiger partial charge on any atom is -0.457 e. The highest BCUT2D eigenvalue weighted by atomic mass is 28.4. The van der Waals surface area contributed by atoms with Crippen molar-refractivity contribution in [2.75, 3.05) is 26.4 Å². The van der Waals surface area contributed by atoms with Gasteiger partial charge in [0.1, 0.15) is 0 Å². The van der Waals surface area contributed by atoms with Crippen molar-refractivity contribution >= 4 is 20.6 Å². The first kappa shape index (κ1) is 28.5. The highest BCUT2D eigenvalue weighted by Crippen LogP contribution is 2.21. The van der Waals surface area contributed by atoms with Gasteiger partial charge in [-0.25, -0.2) is 0 Å². The van der Waals surface area contributed by atoms with Crippen LogP contribution >= 0.6 is 0 Å². The highest BCUT2D eigenvalue weighted by molar-refractivity contribution is 6.60. The zero-order chi connectivity index (χ0) is 23.5. The molecule has 0 heterocycles. The molecule has 0 aromatic heterocycles.